The zero-order valence-corrected chi connectivity index (χ0v) is 17.3. The third-order valence-electron chi connectivity index (χ3n) is 5.78. The summed E-state index contributed by atoms with van der Waals surface area (Å²) in [6.07, 6.45) is 6.22. The minimum absolute atomic E-state index is 0.123. The van der Waals surface area contributed by atoms with Crippen LogP contribution in [0.1, 0.15) is 39.5 Å². The van der Waals surface area contributed by atoms with Crippen molar-refractivity contribution in [3.05, 3.63) is 36.5 Å². The van der Waals surface area contributed by atoms with Crippen LogP contribution in [-0.4, -0.2) is 59.8 Å². The van der Waals surface area contributed by atoms with Crippen LogP contribution in [-0.2, 0) is 9.53 Å². The molecule has 1 saturated heterocycles. The maximum atomic E-state index is 12.5. The Balaban J connectivity index is 1.22. The van der Waals surface area contributed by atoms with Gasteiger partial charge in [0.25, 0.3) is 0 Å². The molecule has 1 aliphatic carbocycles. The van der Waals surface area contributed by atoms with E-state index in [1.807, 2.05) is 18.2 Å². The number of morpholine rings is 1. The van der Waals surface area contributed by atoms with Gasteiger partial charge in [0.2, 0.25) is 5.91 Å². The number of hydrogen-bond acceptors (Lipinski definition) is 5. The second-order valence-corrected chi connectivity index (χ2v) is 8.47. The lowest BCUT2D eigenvalue weighted by atomic mass is 9.93. The number of carbonyl (C=O) groups is 1. The van der Waals surface area contributed by atoms with Gasteiger partial charge in [-0.1, -0.05) is 6.07 Å². The first kappa shape index (κ1) is 20.1. The Hall–Kier alpha value is -2.18. The summed E-state index contributed by atoms with van der Waals surface area (Å²) in [7, 11) is 0. The zero-order chi connectivity index (χ0) is 20.2. The lowest BCUT2D eigenvalue weighted by molar-refractivity contribution is -0.127. The van der Waals surface area contributed by atoms with Gasteiger partial charge in [-0.3, -0.25) is 14.7 Å². The van der Waals surface area contributed by atoms with Gasteiger partial charge in [-0.05, 0) is 63.8 Å². The smallest absolute Gasteiger partial charge is 0.234 e. The molecule has 2 atom stereocenters. The average Bonchev–Trinajstić information content (AvgIpc) is 2.68. The minimum Gasteiger partial charge on any atom is -0.490 e. The van der Waals surface area contributed by atoms with Gasteiger partial charge in [-0.15, -0.1) is 0 Å². The third kappa shape index (κ3) is 5.46. The molecule has 0 bridgehead atoms. The summed E-state index contributed by atoms with van der Waals surface area (Å²) in [6, 6.07) is 10.3. The topological polar surface area (TPSA) is 63.7 Å². The monoisotopic (exact) mass is 397 g/mol. The molecule has 1 saturated carbocycles. The normalized spacial score (nSPS) is 28.2. The molecule has 156 valence electrons. The highest BCUT2D eigenvalue weighted by molar-refractivity contribution is 5.79. The van der Waals surface area contributed by atoms with E-state index in [1.165, 1.54) is 0 Å². The summed E-state index contributed by atoms with van der Waals surface area (Å²) < 4.78 is 11.9. The lowest BCUT2D eigenvalue weighted by Crippen LogP contribution is -2.50. The molecule has 6 heteroatoms. The molecule has 2 aliphatic rings. The van der Waals surface area contributed by atoms with Crippen molar-refractivity contribution in [3.8, 4) is 5.75 Å². The Bertz CT molecular complexity index is 825. The minimum atomic E-state index is 0.123. The second-order valence-electron chi connectivity index (χ2n) is 8.47. The Morgan fingerprint density at radius 1 is 1.17 bits per heavy atom. The maximum Gasteiger partial charge on any atom is 0.234 e. The van der Waals surface area contributed by atoms with Crippen molar-refractivity contribution in [1.82, 2.24) is 15.2 Å². The lowest BCUT2D eigenvalue weighted by Gasteiger charge is -2.35. The number of pyridine rings is 1. The zero-order valence-electron chi connectivity index (χ0n) is 17.3. The number of hydrogen-bond donors (Lipinski definition) is 1. The van der Waals surface area contributed by atoms with E-state index >= 15 is 0 Å². The van der Waals surface area contributed by atoms with Crippen LogP contribution in [0.25, 0.3) is 10.9 Å². The summed E-state index contributed by atoms with van der Waals surface area (Å²) in [4.78, 5) is 19.0. The van der Waals surface area contributed by atoms with Crippen molar-refractivity contribution < 1.29 is 14.3 Å². The molecule has 1 N–H and O–H groups in total. The van der Waals surface area contributed by atoms with Crippen LogP contribution in [0.5, 0.6) is 5.75 Å². The van der Waals surface area contributed by atoms with Gasteiger partial charge in [0.1, 0.15) is 5.75 Å². The van der Waals surface area contributed by atoms with Crippen LogP contribution < -0.4 is 10.1 Å². The molecule has 1 amide bonds. The molecule has 6 nitrogen and oxygen atoms in total. The van der Waals surface area contributed by atoms with E-state index in [1.54, 1.807) is 6.20 Å². The number of nitrogens with one attached hydrogen (secondary N) is 1. The molecular formula is C23H31N3O3. The molecule has 2 fully saturated rings. The maximum absolute atomic E-state index is 12.5. The summed E-state index contributed by atoms with van der Waals surface area (Å²) in [5.41, 5.74) is 0.982. The predicted molar refractivity (Wildman–Crippen MR) is 113 cm³/mol. The number of carbonyl (C=O) groups excluding carboxylic acids is 1. The van der Waals surface area contributed by atoms with Crippen molar-refractivity contribution in [1.29, 1.82) is 0 Å². The fourth-order valence-electron chi connectivity index (χ4n) is 4.53. The summed E-state index contributed by atoms with van der Waals surface area (Å²) in [6.45, 7) is 6.22. The molecule has 4 rings (SSSR count). The number of ether oxygens (including phenoxy) is 2. The summed E-state index contributed by atoms with van der Waals surface area (Å²) in [5.74, 6) is 1.02. The average molecular weight is 398 g/mol. The number of amides is 1. The Morgan fingerprint density at radius 3 is 2.69 bits per heavy atom. The van der Waals surface area contributed by atoms with Crippen LogP contribution in [0.4, 0.5) is 0 Å². The SMILES string of the molecule is C[C@@H]1CN(CC(=O)NC2CCC(Oc3ccc4ncccc4c3)CC2)C[C@H](C)O1. The molecule has 2 heterocycles. The van der Waals surface area contributed by atoms with Crippen molar-refractivity contribution in [2.24, 2.45) is 0 Å². The number of nitrogens with zero attached hydrogens (tertiary/aromatic N) is 2. The highest BCUT2D eigenvalue weighted by Crippen LogP contribution is 2.26. The molecule has 1 aromatic carbocycles. The standard InChI is InChI=1S/C23H31N3O3/c1-16-13-26(14-17(2)28-16)15-23(27)25-19-5-7-20(8-6-19)29-21-9-10-22-18(12-21)4-3-11-24-22/h3-4,9-12,16-17,19-20H,5-8,13-15H2,1-2H3,(H,25,27)/t16-,17+,19?,20?. The van der Waals surface area contributed by atoms with Gasteiger partial charge < -0.3 is 14.8 Å². The molecule has 2 aromatic rings. The van der Waals surface area contributed by atoms with Crippen molar-refractivity contribution in [3.63, 3.8) is 0 Å². The van der Waals surface area contributed by atoms with Gasteiger partial charge in [0.15, 0.2) is 0 Å². The molecule has 0 radical (unpaired) electrons. The molecule has 1 aliphatic heterocycles. The van der Waals surface area contributed by atoms with E-state index in [2.05, 4.69) is 41.2 Å². The Kier molecular flexibility index (Phi) is 6.31. The first-order valence-corrected chi connectivity index (χ1v) is 10.7. The van der Waals surface area contributed by atoms with Gasteiger partial charge in [-0.2, -0.15) is 0 Å². The van der Waals surface area contributed by atoms with Crippen LogP contribution in [0.3, 0.4) is 0 Å². The van der Waals surface area contributed by atoms with Crippen LogP contribution >= 0.6 is 0 Å². The fourth-order valence-corrected chi connectivity index (χ4v) is 4.53. The molecule has 0 unspecified atom stereocenters. The largest absolute Gasteiger partial charge is 0.490 e. The number of rotatable bonds is 5. The van der Waals surface area contributed by atoms with Gasteiger partial charge in [0, 0.05) is 30.7 Å². The van der Waals surface area contributed by atoms with Crippen LogP contribution in [0, 0.1) is 0 Å². The molecule has 29 heavy (non-hydrogen) atoms. The quantitative estimate of drug-likeness (QED) is 0.840. The fraction of sp³-hybridized carbons (Fsp3) is 0.565. The molecular weight excluding hydrogens is 366 g/mol. The van der Waals surface area contributed by atoms with Gasteiger partial charge >= 0.3 is 0 Å². The second kappa shape index (κ2) is 9.09. The van der Waals surface area contributed by atoms with Crippen molar-refractivity contribution in [2.45, 2.75) is 63.9 Å². The summed E-state index contributed by atoms with van der Waals surface area (Å²) >= 11 is 0. The third-order valence-corrected chi connectivity index (χ3v) is 5.78. The van der Waals surface area contributed by atoms with Crippen molar-refractivity contribution in [2.75, 3.05) is 19.6 Å². The number of aromatic nitrogens is 1. The summed E-state index contributed by atoms with van der Waals surface area (Å²) in [5, 5.41) is 4.31. The van der Waals surface area contributed by atoms with Gasteiger partial charge in [-0.25, -0.2) is 0 Å². The van der Waals surface area contributed by atoms with E-state index < -0.39 is 0 Å². The Morgan fingerprint density at radius 2 is 1.93 bits per heavy atom. The van der Waals surface area contributed by atoms with E-state index in [-0.39, 0.29) is 30.3 Å². The molecule has 1 aromatic heterocycles. The van der Waals surface area contributed by atoms with E-state index in [0.29, 0.717) is 6.54 Å². The van der Waals surface area contributed by atoms with Gasteiger partial charge in [0.05, 0.1) is 30.4 Å². The van der Waals surface area contributed by atoms with Crippen molar-refractivity contribution >= 4 is 16.8 Å². The molecule has 0 spiro atoms. The number of fused-ring (bicyclic) bond motifs is 1. The first-order valence-electron chi connectivity index (χ1n) is 10.7. The Labute approximate surface area is 172 Å². The highest BCUT2D eigenvalue weighted by atomic mass is 16.5. The van der Waals surface area contributed by atoms with E-state index in [4.69, 9.17) is 9.47 Å². The van der Waals surface area contributed by atoms with E-state index in [9.17, 15) is 4.79 Å². The van der Waals surface area contributed by atoms with Crippen LogP contribution in [0.15, 0.2) is 36.5 Å². The number of benzene rings is 1. The predicted octanol–water partition coefficient (Wildman–Crippen LogP) is 3.15. The first-order chi connectivity index (χ1) is 14.0. The van der Waals surface area contributed by atoms with Crippen LogP contribution in [0.2, 0.25) is 0 Å². The van der Waals surface area contributed by atoms with E-state index in [0.717, 1.165) is 55.4 Å². The highest BCUT2D eigenvalue weighted by Gasteiger charge is 2.26.